The number of hydrogen-bond acceptors (Lipinski definition) is 5. The van der Waals surface area contributed by atoms with Crippen LogP contribution in [0.25, 0.3) is 33.5 Å². The van der Waals surface area contributed by atoms with Crippen molar-refractivity contribution in [2.75, 3.05) is 7.11 Å². The van der Waals surface area contributed by atoms with Gasteiger partial charge in [-0.25, -0.2) is 4.52 Å². The summed E-state index contributed by atoms with van der Waals surface area (Å²) in [6.45, 7) is 1.90. The van der Waals surface area contributed by atoms with Crippen molar-refractivity contribution in [3.8, 4) is 22.6 Å². The Morgan fingerprint density at radius 2 is 1.77 bits per heavy atom. The molecule has 5 rings (SSSR count). The van der Waals surface area contributed by atoms with Crippen molar-refractivity contribution in [1.82, 2.24) is 24.4 Å². The molecule has 30 heavy (non-hydrogen) atoms. The number of benzene rings is 2. The van der Waals surface area contributed by atoms with Gasteiger partial charge < -0.3 is 4.74 Å². The van der Waals surface area contributed by atoms with Crippen LogP contribution in [-0.4, -0.2) is 31.5 Å². The first-order valence-corrected chi connectivity index (χ1v) is 9.63. The fourth-order valence-corrected chi connectivity index (χ4v) is 3.75. The number of aromatic nitrogens is 5. The summed E-state index contributed by atoms with van der Waals surface area (Å²) >= 11 is 6.02. The predicted molar refractivity (Wildman–Crippen MR) is 116 cm³/mol. The van der Waals surface area contributed by atoms with Gasteiger partial charge in [0.15, 0.2) is 11.2 Å². The zero-order chi connectivity index (χ0) is 20.8. The molecule has 3 heterocycles. The monoisotopic (exact) mass is 417 g/mol. The van der Waals surface area contributed by atoms with Crippen LogP contribution in [0.3, 0.4) is 0 Å². The third-order valence-corrected chi connectivity index (χ3v) is 5.28. The van der Waals surface area contributed by atoms with Gasteiger partial charge in [-0.15, -0.1) is 10.2 Å². The van der Waals surface area contributed by atoms with Gasteiger partial charge in [0.2, 0.25) is 0 Å². The van der Waals surface area contributed by atoms with E-state index in [0.29, 0.717) is 27.6 Å². The Balaban J connectivity index is 1.76. The van der Waals surface area contributed by atoms with E-state index in [9.17, 15) is 4.79 Å². The van der Waals surface area contributed by atoms with Crippen molar-refractivity contribution >= 4 is 28.3 Å². The zero-order valence-corrected chi connectivity index (χ0v) is 17.0. The lowest BCUT2D eigenvalue weighted by Gasteiger charge is -2.11. The van der Waals surface area contributed by atoms with Crippen LogP contribution in [0.2, 0.25) is 5.02 Å². The summed E-state index contributed by atoms with van der Waals surface area (Å²) in [5.74, 6) is 0.591. The summed E-state index contributed by atoms with van der Waals surface area (Å²) in [6.07, 6.45) is 1.70. The van der Waals surface area contributed by atoms with Gasteiger partial charge in [-0.05, 0) is 42.8 Å². The van der Waals surface area contributed by atoms with Gasteiger partial charge in [0.1, 0.15) is 11.3 Å². The Morgan fingerprint density at radius 3 is 2.53 bits per heavy atom. The predicted octanol–water partition coefficient (Wildman–Crippen LogP) is 4.07. The number of halogens is 1. The highest BCUT2D eigenvalue weighted by molar-refractivity contribution is 6.30. The minimum atomic E-state index is -0.299. The van der Waals surface area contributed by atoms with Crippen LogP contribution < -0.4 is 10.3 Å². The molecule has 0 aliphatic carbocycles. The van der Waals surface area contributed by atoms with E-state index in [0.717, 1.165) is 16.8 Å². The van der Waals surface area contributed by atoms with E-state index in [4.69, 9.17) is 16.3 Å². The summed E-state index contributed by atoms with van der Waals surface area (Å²) in [6, 6.07) is 16.6. The minimum Gasteiger partial charge on any atom is -0.495 e. The minimum absolute atomic E-state index is 0.223. The molecular formula is C22H16ClN5O2. The van der Waals surface area contributed by atoms with E-state index in [1.807, 2.05) is 55.5 Å². The molecule has 0 aliphatic rings. The number of fused-ring (bicyclic) bond motifs is 3. The van der Waals surface area contributed by atoms with Crippen LogP contribution in [0.1, 0.15) is 5.69 Å². The lowest BCUT2D eigenvalue weighted by Crippen LogP contribution is -2.20. The van der Waals surface area contributed by atoms with Crippen LogP contribution in [-0.2, 0) is 0 Å². The van der Waals surface area contributed by atoms with E-state index >= 15 is 0 Å². The largest absolute Gasteiger partial charge is 0.495 e. The molecular weight excluding hydrogens is 402 g/mol. The van der Waals surface area contributed by atoms with Gasteiger partial charge in [-0.2, -0.15) is 5.10 Å². The van der Waals surface area contributed by atoms with Crippen molar-refractivity contribution in [3.63, 3.8) is 0 Å². The number of pyridine rings is 1. The molecule has 0 atom stereocenters. The normalized spacial score (nSPS) is 11.3. The van der Waals surface area contributed by atoms with Crippen molar-refractivity contribution in [2.45, 2.75) is 6.92 Å². The zero-order valence-electron chi connectivity index (χ0n) is 16.2. The smallest absolute Gasteiger partial charge is 0.285 e. The topological polar surface area (TPSA) is 74.3 Å². The molecule has 8 heteroatoms. The maximum Gasteiger partial charge on any atom is 0.285 e. The molecule has 148 valence electrons. The fourth-order valence-electron chi connectivity index (χ4n) is 3.63. The Kier molecular flexibility index (Phi) is 4.25. The van der Waals surface area contributed by atoms with Gasteiger partial charge in [0.05, 0.1) is 24.1 Å². The molecule has 7 nitrogen and oxygen atoms in total. The quantitative estimate of drug-likeness (QED) is 0.442. The molecule has 0 amide bonds. The lowest BCUT2D eigenvalue weighted by atomic mass is 10.1. The highest BCUT2D eigenvalue weighted by Crippen LogP contribution is 2.29. The van der Waals surface area contributed by atoms with Crippen molar-refractivity contribution in [1.29, 1.82) is 0 Å². The Morgan fingerprint density at radius 1 is 1.00 bits per heavy atom. The fraction of sp³-hybridized carbons (Fsp3) is 0.0909. The molecule has 0 unspecified atom stereocenters. The molecule has 0 fully saturated rings. The second-order valence-electron chi connectivity index (χ2n) is 6.80. The second-order valence-corrected chi connectivity index (χ2v) is 7.24. The average Bonchev–Trinajstić information content (AvgIpc) is 3.11. The van der Waals surface area contributed by atoms with Crippen LogP contribution in [0.5, 0.6) is 5.75 Å². The van der Waals surface area contributed by atoms with Gasteiger partial charge >= 0.3 is 0 Å². The molecule has 2 aromatic carbocycles. The molecule has 0 aliphatic heterocycles. The van der Waals surface area contributed by atoms with E-state index in [1.165, 1.54) is 4.57 Å². The van der Waals surface area contributed by atoms with Crippen LogP contribution >= 0.6 is 11.6 Å². The van der Waals surface area contributed by atoms with E-state index in [1.54, 1.807) is 23.9 Å². The van der Waals surface area contributed by atoms with Crippen molar-refractivity contribution in [2.24, 2.45) is 0 Å². The van der Waals surface area contributed by atoms with Crippen molar-refractivity contribution < 1.29 is 4.74 Å². The molecule has 0 spiro atoms. The standard InChI is InChI=1S/C22H16ClN5O2/c1-13-19(14-7-9-15(23)10-8-14)21-25-24-20-17(28(21)26-13)11-12-27(22(20)29)16-5-3-4-6-18(16)30-2/h3-12H,1-2H3. The van der Waals surface area contributed by atoms with E-state index < -0.39 is 0 Å². The lowest BCUT2D eigenvalue weighted by molar-refractivity contribution is 0.412. The number of nitrogens with zero attached hydrogens (tertiary/aromatic N) is 5. The van der Waals surface area contributed by atoms with Gasteiger partial charge in [0, 0.05) is 11.2 Å². The number of hydrogen-bond donors (Lipinski definition) is 0. The highest BCUT2D eigenvalue weighted by Gasteiger charge is 2.18. The summed E-state index contributed by atoms with van der Waals surface area (Å²) in [4.78, 5) is 13.2. The number of ether oxygens (including phenoxy) is 1. The number of para-hydroxylation sites is 2. The molecule has 0 radical (unpaired) electrons. The first kappa shape index (κ1) is 18.3. The first-order valence-electron chi connectivity index (χ1n) is 9.25. The van der Waals surface area contributed by atoms with Crippen LogP contribution in [0.15, 0.2) is 65.6 Å². The molecule has 0 saturated carbocycles. The maximum absolute atomic E-state index is 13.2. The highest BCUT2D eigenvalue weighted by atomic mass is 35.5. The van der Waals surface area contributed by atoms with Gasteiger partial charge in [-0.1, -0.05) is 35.9 Å². The van der Waals surface area contributed by atoms with Crippen LogP contribution in [0, 0.1) is 6.92 Å². The summed E-state index contributed by atoms with van der Waals surface area (Å²) in [5, 5.41) is 13.9. The van der Waals surface area contributed by atoms with Crippen LogP contribution in [0.4, 0.5) is 0 Å². The molecule has 3 aromatic heterocycles. The molecule has 5 aromatic rings. The number of methoxy groups -OCH3 is 1. The number of aryl methyl sites for hydroxylation is 1. The maximum atomic E-state index is 13.2. The first-order chi connectivity index (χ1) is 14.6. The summed E-state index contributed by atoms with van der Waals surface area (Å²) < 4.78 is 8.55. The summed E-state index contributed by atoms with van der Waals surface area (Å²) in [7, 11) is 1.57. The van der Waals surface area contributed by atoms with E-state index in [-0.39, 0.29) is 11.1 Å². The second kappa shape index (κ2) is 6.96. The molecule has 0 N–H and O–H groups in total. The van der Waals surface area contributed by atoms with Crippen molar-refractivity contribution in [3.05, 3.63) is 81.9 Å². The Hall–Kier alpha value is -3.71. The Labute approximate surface area is 176 Å². The average molecular weight is 418 g/mol. The van der Waals surface area contributed by atoms with Gasteiger partial charge in [-0.3, -0.25) is 9.36 Å². The third-order valence-electron chi connectivity index (χ3n) is 5.03. The van der Waals surface area contributed by atoms with E-state index in [2.05, 4.69) is 15.3 Å². The number of rotatable bonds is 3. The molecule has 0 bridgehead atoms. The molecule has 0 saturated heterocycles. The SMILES string of the molecule is COc1ccccc1-n1ccc2c(nnc3c(-c4ccc(Cl)cc4)c(C)nn32)c1=O. The van der Waals surface area contributed by atoms with Gasteiger partial charge in [0.25, 0.3) is 5.56 Å². The summed E-state index contributed by atoms with van der Waals surface area (Å²) in [5.41, 5.74) is 4.29. The Bertz CT molecular complexity index is 1470. The third kappa shape index (κ3) is 2.74.